The van der Waals surface area contributed by atoms with Gasteiger partial charge >= 0.3 is 0 Å². The summed E-state index contributed by atoms with van der Waals surface area (Å²) in [4.78, 5) is 11.2. The van der Waals surface area contributed by atoms with Crippen molar-refractivity contribution < 1.29 is 19.4 Å². The Morgan fingerprint density at radius 1 is 1.14 bits per heavy atom. The summed E-state index contributed by atoms with van der Waals surface area (Å²) < 4.78 is 10.9. The van der Waals surface area contributed by atoms with Crippen molar-refractivity contribution in [3.8, 4) is 17.2 Å². The van der Waals surface area contributed by atoms with Crippen LogP contribution >= 0.6 is 0 Å². The van der Waals surface area contributed by atoms with E-state index in [1.165, 1.54) is 19.2 Å². The third kappa shape index (κ3) is 3.24. The Kier molecular flexibility index (Phi) is 4.30. The quantitative estimate of drug-likeness (QED) is 0.725. The van der Waals surface area contributed by atoms with Gasteiger partial charge in [-0.2, -0.15) is 0 Å². The second-order valence-electron chi connectivity index (χ2n) is 4.36. The molecule has 0 heterocycles. The van der Waals surface area contributed by atoms with Crippen molar-refractivity contribution in [2.24, 2.45) is 5.73 Å². The van der Waals surface area contributed by atoms with Crippen LogP contribution in [-0.4, -0.2) is 18.1 Å². The van der Waals surface area contributed by atoms with E-state index < -0.39 is 5.91 Å². The fraction of sp³-hybridized carbons (Fsp3) is 0.133. The Hall–Kier alpha value is -2.73. The van der Waals surface area contributed by atoms with Crippen LogP contribution in [0.3, 0.4) is 0 Å². The molecule has 0 spiro atoms. The van der Waals surface area contributed by atoms with Crippen molar-refractivity contribution in [2.45, 2.75) is 6.61 Å². The molecule has 0 aliphatic carbocycles. The van der Waals surface area contributed by atoms with Crippen LogP contribution in [0.2, 0.25) is 0 Å². The van der Waals surface area contributed by atoms with Crippen LogP contribution in [0.1, 0.15) is 15.9 Å². The van der Waals surface area contributed by atoms with E-state index >= 15 is 0 Å². The maximum absolute atomic E-state index is 11.2. The van der Waals surface area contributed by atoms with E-state index in [1.807, 2.05) is 0 Å². The molecule has 6 nitrogen and oxygen atoms in total. The van der Waals surface area contributed by atoms with Gasteiger partial charge < -0.3 is 26.0 Å². The van der Waals surface area contributed by atoms with Crippen molar-refractivity contribution in [3.05, 3.63) is 47.5 Å². The molecule has 0 aliphatic heterocycles. The van der Waals surface area contributed by atoms with E-state index in [0.29, 0.717) is 34.1 Å². The first-order chi connectivity index (χ1) is 10.0. The highest BCUT2D eigenvalue weighted by atomic mass is 16.5. The molecule has 6 heteroatoms. The van der Waals surface area contributed by atoms with E-state index in [9.17, 15) is 4.79 Å². The van der Waals surface area contributed by atoms with Crippen LogP contribution in [0, 0.1) is 0 Å². The number of hydrogen-bond acceptors (Lipinski definition) is 5. The number of nitrogens with two attached hydrogens (primary N) is 2. The zero-order valence-electron chi connectivity index (χ0n) is 11.5. The molecule has 0 atom stereocenters. The fourth-order valence-electron chi connectivity index (χ4n) is 1.79. The number of aliphatic hydroxyl groups excluding tert-OH is 1. The average Bonchev–Trinajstić information content (AvgIpc) is 2.49. The Morgan fingerprint density at radius 3 is 2.52 bits per heavy atom. The summed E-state index contributed by atoms with van der Waals surface area (Å²) in [5.41, 5.74) is 12.4. The monoisotopic (exact) mass is 288 g/mol. The van der Waals surface area contributed by atoms with Crippen LogP contribution in [0.5, 0.6) is 17.2 Å². The van der Waals surface area contributed by atoms with E-state index in [1.54, 1.807) is 24.3 Å². The van der Waals surface area contributed by atoms with Gasteiger partial charge in [0, 0.05) is 5.56 Å². The molecule has 0 saturated heterocycles. The number of carbonyl (C=O) groups excluding carboxylic acids is 1. The number of hydrogen-bond donors (Lipinski definition) is 3. The number of rotatable bonds is 5. The highest BCUT2D eigenvalue weighted by Gasteiger charge is 2.11. The van der Waals surface area contributed by atoms with Crippen molar-refractivity contribution in [1.82, 2.24) is 0 Å². The minimum atomic E-state index is -0.567. The van der Waals surface area contributed by atoms with Gasteiger partial charge in [-0.3, -0.25) is 4.79 Å². The van der Waals surface area contributed by atoms with Crippen molar-refractivity contribution >= 4 is 11.6 Å². The molecule has 2 rings (SSSR count). The Morgan fingerprint density at radius 2 is 1.90 bits per heavy atom. The molecule has 0 unspecified atom stereocenters. The molecule has 1 amide bonds. The molecule has 0 aromatic heterocycles. The lowest BCUT2D eigenvalue weighted by molar-refractivity contribution is 0.1000. The van der Waals surface area contributed by atoms with Crippen LogP contribution in [-0.2, 0) is 6.61 Å². The number of benzene rings is 2. The summed E-state index contributed by atoms with van der Waals surface area (Å²) in [7, 11) is 1.49. The number of carbonyl (C=O) groups is 1. The lowest BCUT2D eigenvalue weighted by Crippen LogP contribution is -2.11. The molecule has 2 aromatic rings. The maximum Gasteiger partial charge on any atom is 0.248 e. The first-order valence-corrected chi connectivity index (χ1v) is 6.20. The van der Waals surface area contributed by atoms with Gasteiger partial charge in [0.05, 0.1) is 19.4 Å². The number of primary amides is 1. The molecule has 21 heavy (non-hydrogen) atoms. The van der Waals surface area contributed by atoms with E-state index in [4.69, 9.17) is 26.0 Å². The second-order valence-corrected chi connectivity index (χ2v) is 4.36. The predicted molar refractivity (Wildman–Crippen MR) is 78.4 cm³/mol. The fourth-order valence-corrected chi connectivity index (χ4v) is 1.79. The highest BCUT2D eigenvalue weighted by molar-refractivity contribution is 5.93. The lowest BCUT2D eigenvalue weighted by Gasteiger charge is -2.13. The van der Waals surface area contributed by atoms with Gasteiger partial charge in [-0.15, -0.1) is 0 Å². The highest BCUT2D eigenvalue weighted by Crippen LogP contribution is 2.35. The standard InChI is InChI=1S/C15H16N2O4/c1-20-14-6-9(8-18)2-5-12(14)21-13-7-10(15(17)19)3-4-11(13)16/h2-7,18H,8,16H2,1H3,(H2,17,19). The van der Waals surface area contributed by atoms with Crippen LogP contribution in [0.4, 0.5) is 5.69 Å². The van der Waals surface area contributed by atoms with Crippen molar-refractivity contribution in [1.29, 1.82) is 0 Å². The third-order valence-corrected chi connectivity index (χ3v) is 2.93. The van der Waals surface area contributed by atoms with E-state index in [2.05, 4.69) is 0 Å². The van der Waals surface area contributed by atoms with E-state index in [-0.39, 0.29) is 6.61 Å². The molecule has 110 valence electrons. The summed E-state index contributed by atoms with van der Waals surface area (Å²) in [6, 6.07) is 9.55. The van der Waals surface area contributed by atoms with Gasteiger partial charge in [-0.05, 0) is 35.9 Å². The van der Waals surface area contributed by atoms with Gasteiger partial charge in [0.2, 0.25) is 5.91 Å². The molecule has 5 N–H and O–H groups in total. The Balaban J connectivity index is 2.37. The minimum Gasteiger partial charge on any atom is -0.493 e. The number of anilines is 1. The molecular formula is C15H16N2O4. The first-order valence-electron chi connectivity index (χ1n) is 6.20. The number of ether oxygens (including phenoxy) is 2. The van der Waals surface area contributed by atoms with Gasteiger partial charge in [0.25, 0.3) is 0 Å². The Bertz CT molecular complexity index is 671. The SMILES string of the molecule is COc1cc(CO)ccc1Oc1cc(C(N)=O)ccc1N. The largest absolute Gasteiger partial charge is 0.493 e. The molecular weight excluding hydrogens is 272 g/mol. The summed E-state index contributed by atoms with van der Waals surface area (Å²) in [5.74, 6) is 0.609. The zero-order chi connectivity index (χ0) is 15.4. The number of aliphatic hydroxyl groups is 1. The summed E-state index contributed by atoms with van der Waals surface area (Å²) in [6.07, 6.45) is 0. The maximum atomic E-state index is 11.2. The van der Waals surface area contributed by atoms with Gasteiger partial charge in [-0.25, -0.2) is 0 Å². The van der Waals surface area contributed by atoms with Gasteiger partial charge in [0.15, 0.2) is 17.2 Å². The number of amides is 1. The summed E-state index contributed by atoms with van der Waals surface area (Å²) >= 11 is 0. The molecule has 0 aliphatic rings. The minimum absolute atomic E-state index is 0.101. The van der Waals surface area contributed by atoms with Crippen molar-refractivity contribution in [3.63, 3.8) is 0 Å². The van der Waals surface area contributed by atoms with Crippen LogP contribution in [0.25, 0.3) is 0 Å². The van der Waals surface area contributed by atoms with Gasteiger partial charge in [-0.1, -0.05) is 6.07 Å². The number of methoxy groups -OCH3 is 1. The van der Waals surface area contributed by atoms with Crippen molar-refractivity contribution in [2.75, 3.05) is 12.8 Å². The topological polar surface area (TPSA) is 108 Å². The smallest absolute Gasteiger partial charge is 0.248 e. The molecule has 2 aromatic carbocycles. The molecule has 0 fully saturated rings. The predicted octanol–water partition coefficient (Wildman–Crippen LogP) is 1.66. The summed E-state index contributed by atoms with van der Waals surface area (Å²) in [5, 5.41) is 9.11. The van der Waals surface area contributed by atoms with Crippen LogP contribution < -0.4 is 20.9 Å². The average molecular weight is 288 g/mol. The lowest BCUT2D eigenvalue weighted by atomic mass is 10.1. The normalized spacial score (nSPS) is 10.2. The third-order valence-electron chi connectivity index (χ3n) is 2.93. The molecule has 0 bridgehead atoms. The zero-order valence-corrected chi connectivity index (χ0v) is 11.5. The number of nitrogen functional groups attached to an aromatic ring is 1. The summed E-state index contributed by atoms with van der Waals surface area (Å²) in [6.45, 7) is -0.101. The van der Waals surface area contributed by atoms with Crippen LogP contribution in [0.15, 0.2) is 36.4 Å². The molecule has 0 saturated carbocycles. The first kappa shape index (κ1) is 14.7. The molecule has 0 radical (unpaired) electrons. The van der Waals surface area contributed by atoms with E-state index in [0.717, 1.165) is 0 Å². The van der Waals surface area contributed by atoms with Gasteiger partial charge in [0.1, 0.15) is 0 Å². The Labute approximate surface area is 121 Å². The second kappa shape index (κ2) is 6.15.